The number of piperazine rings is 1. The molecule has 1 aromatic heterocycles. The van der Waals surface area contributed by atoms with Crippen LogP contribution in [0.15, 0.2) is 35.8 Å². The SMILES string of the molecule is CC(C)c1ccccc1NC(=O)CN1CCN(c2nccs2)CC1. The fourth-order valence-corrected chi connectivity index (χ4v) is 3.67. The summed E-state index contributed by atoms with van der Waals surface area (Å²) < 4.78 is 0. The van der Waals surface area contributed by atoms with Crippen molar-refractivity contribution in [1.82, 2.24) is 9.88 Å². The van der Waals surface area contributed by atoms with E-state index in [1.54, 1.807) is 11.3 Å². The smallest absolute Gasteiger partial charge is 0.238 e. The van der Waals surface area contributed by atoms with Crippen molar-refractivity contribution < 1.29 is 4.79 Å². The second-order valence-corrected chi connectivity index (χ2v) is 7.24. The molecule has 0 saturated carbocycles. The number of benzene rings is 1. The molecular formula is C18H24N4OS. The summed E-state index contributed by atoms with van der Waals surface area (Å²) in [5, 5.41) is 6.15. The van der Waals surface area contributed by atoms with E-state index in [0.717, 1.165) is 37.0 Å². The van der Waals surface area contributed by atoms with Crippen molar-refractivity contribution in [2.24, 2.45) is 0 Å². The fourth-order valence-electron chi connectivity index (χ4n) is 2.98. The summed E-state index contributed by atoms with van der Waals surface area (Å²) in [7, 11) is 0. The Bertz CT molecular complexity index is 663. The molecule has 1 saturated heterocycles. The van der Waals surface area contributed by atoms with Gasteiger partial charge in [0.25, 0.3) is 0 Å². The number of nitrogens with one attached hydrogen (secondary N) is 1. The summed E-state index contributed by atoms with van der Waals surface area (Å²) >= 11 is 1.67. The van der Waals surface area contributed by atoms with Gasteiger partial charge in [0.15, 0.2) is 5.13 Å². The highest BCUT2D eigenvalue weighted by Gasteiger charge is 2.20. The van der Waals surface area contributed by atoms with Crippen LogP contribution >= 0.6 is 11.3 Å². The van der Waals surface area contributed by atoms with Crippen molar-refractivity contribution in [3.63, 3.8) is 0 Å². The van der Waals surface area contributed by atoms with Crippen LogP contribution in [0, 0.1) is 0 Å². The van der Waals surface area contributed by atoms with Crippen molar-refractivity contribution >= 4 is 28.1 Å². The first-order valence-electron chi connectivity index (χ1n) is 8.39. The van der Waals surface area contributed by atoms with E-state index >= 15 is 0 Å². The molecule has 6 heteroatoms. The van der Waals surface area contributed by atoms with Gasteiger partial charge in [-0.3, -0.25) is 9.69 Å². The maximum Gasteiger partial charge on any atom is 0.238 e. The summed E-state index contributed by atoms with van der Waals surface area (Å²) in [4.78, 5) is 21.2. The molecule has 24 heavy (non-hydrogen) atoms. The minimum absolute atomic E-state index is 0.0609. The zero-order valence-electron chi connectivity index (χ0n) is 14.2. The van der Waals surface area contributed by atoms with E-state index in [4.69, 9.17) is 0 Å². The molecule has 1 amide bonds. The number of nitrogens with zero attached hydrogens (tertiary/aromatic N) is 3. The molecule has 0 aliphatic carbocycles. The van der Waals surface area contributed by atoms with Crippen molar-refractivity contribution in [3.05, 3.63) is 41.4 Å². The topological polar surface area (TPSA) is 48.5 Å². The predicted octanol–water partition coefficient (Wildman–Crippen LogP) is 3.03. The van der Waals surface area contributed by atoms with Crippen molar-refractivity contribution in [2.45, 2.75) is 19.8 Å². The number of rotatable bonds is 5. The minimum Gasteiger partial charge on any atom is -0.346 e. The number of hydrogen-bond acceptors (Lipinski definition) is 5. The molecule has 0 bridgehead atoms. The van der Waals surface area contributed by atoms with Crippen LogP contribution < -0.4 is 10.2 Å². The fraction of sp³-hybridized carbons (Fsp3) is 0.444. The molecular weight excluding hydrogens is 320 g/mol. The number of carbonyl (C=O) groups excluding carboxylic acids is 1. The highest BCUT2D eigenvalue weighted by Crippen LogP contribution is 2.23. The third kappa shape index (κ3) is 4.13. The number of hydrogen-bond donors (Lipinski definition) is 1. The Kier molecular flexibility index (Phi) is 5.48. The Labute approximate surface area is 147 Å². The van der Waals surface area contributed by atoms with Crippen molar-refractivity contribution in [2.75, 3.05) is 42.9 Å². The lowest BCUT2D eigenvalue weighted by Crippen LogP contribution is -2.48. The van der Waals surface area contributed by atoms with Gasteiger partial charge in [-0.1, -0.05) is 32.0 Å². The molecule has 1 aliphatic rings. The second kappa shape index (κ2) is 7.77. The van der Waals surface area contributed by atoms with Gasteiger partial charge < -0.3 is 10.2 Å². The van der Waals surface area contributed by atoms with E-state index in [9.17, 15) is 4.79 Å². The maximum atomic E-state index is 12.4. The van der Waals surface area contributed by atoms with E-state index in [1.807, 2.05) is 29.8 Å². The Morgan fingerprint density at radius 1 is 1.25 bits per heavy atom. The van der Waals surface area contributed by atoms with Crippen LogP contribution in [0.2, 0.25) is 0 Å². The molecule has 2 aromatic rings. The van der Waals surface area contributed by atoms with Crippen LogP contribution in [-0.4, -0.2) is 48.5 Å². The quantitative estimate of drug-likeness (QED) is 0.906. The lowest BCUT2D eigenvalue weighted by molar-refractivity contribution is -0.117. The molecule has 0 radical (unpaired) electrons. The average Bonchev–Trinajstić information content (AvgIpc) is 3.10. The third-order valence-electron chi connectivity index (χ3n) is 4.29. The molecule has 1 fully saturated rings. The largest absolute Gasteiger partial charge is 0.346 e. The van der Waals surface area contributed by atoms with Gasteiger partial charge in [0.05, 0.1) is 6.54 Å². The number of thiazole rings is 1. The van der Waals surface area contributed by atoms with E-state index in [1.165, 1.54) is 5.56 Å². The first kappa shape index (κ1) is 16.9. The Balaban J connectivity index is 1.51. The van der Waals surface area contributed by atoms with Crippen LogP contribution in [0.25, 0.3) is 0 Å². The lowest BCUT2D eigenvalue weighted by Gasteiger charge is -2.34. The Hall–Kier alpha value is -1.92. The van der Waals surface area contributed by atoms with Crippen molar-refractivity contribution in [3.8, 4) is 0 Å². The van der Waals surface area contributed by atoms with E-state index in [2.05, 4.69) is 40.0 Å². The highest BCUT2D eigenvalue weighted by molar-refractivity contribution is 7.13. The first-order valence-corrected chi connectivity index (χ1v) is 9.27. The Morgan fingerprint density at radius 3 is 2.67 bits per heavy atom. The first-order chi connectivity index (χ1) is 11.6. The van der Waals surface area contributed by atoms with Gasteiger partial charge in [-0.15, -0.1) is 11.3 Å². The van der Waals surface area contributed by atoms with E-state index < -0.39 is 0 Å². The number of amides is 1. The molecule has 0 spiro atoms. The zero-order valence-corrected chi connectivity index (χ0v) is 15.1. The van der Waals surface area contributed by atoms with Gasteiger partial charge in [-0.05, 0) is 17.5 Å². The van der Waals surface area contributed by atoms with Gasteiger partial charge in [0.1, 0.15) is 0 Å². The molecule has 1 aliphatic heterocycles. The summed E-state index contributed by atoms with van der Waals surface area (Å²) in [6, 6.07) is 8.04. The monoisotopic (exact) mass is 344 g/mol. The minimum atomic E-state index is 0.0609. The van der Waals surface area contributed by atoms with Crippen LogP contribution in [0.4, 0.5) is 10.8 Å². The van der Waals surface area contributed by atoms with Crippen LogP contribution in [0.3, 0.4) is 0 Å². The molecule has 0 unspecified atom stereocenters. The molecule has 1 aromatic carbocycles. The van der Waals surface area contributed by atoms with Crippen LogP contribution in [0.1, 0.15) is 25.3 Å². The molecule has 5 nitrogen and oxygen atoms in total. The van der Waals surface area contributed by atoms with Gasteiger partial charge in [0, 0.05) is 43.4 Å². The molecule has 128 valence electrons. The Morgan fingerprint density at radius 2 is 2.00 bits per heavy atom. The number of aromatic nitrogens is 1. The maximum absolute atomic E-state index is 12.4. The normalized spacial score (nSPS) is 15.7. The molecule has 0 atom stereocenters. The van der Waals surface area contributed by atoms with Gasteiger partial charge in [-0.2, -0.15) is 0 Å². The highest BCUT2D eigenvalue weighted by atomic mass is 32.1. The predicted molar refractivity (Wildman–Crippen MR) is 99.9 cm³/mol. The summed E-state index contributed by atoms with van der Waals surface area (Å²) in [5.74, 6) is 0.453. The van der Waals surface area contributed by atoms with Gasteiger partial charge >= 0.3 is 0 Å². The van der Waals surface area contributed by atoms with Gasteiger partial charge in [0.2, 0.25) is 5.91 Å². The van der Waals surface area contributed by atoms with Crippen LogP contribution in [-0.2, 0) is 4.79 Å². The molecule has 3 rings (SSSR count). The standard InChI is InChI=1S/C18H24N4OS/c1-14(2)15-5-3-4-6-16(15)20-17(23)13-21-8-10-22(11-9-21)18-19-7-12-24-18/h3-7,12,14H,8-11,13H2,1-2H3,(H,20,23). The van der Waals surface area contributed by atoms with E-state index in [0.29, 0.717) is 12.5 Å². The number of para-hydroxylation sites is 1. The zero-order chi connectivity index (χ0) is 16.9. The number of carbonyl (C=O) groups is 1. The molecule has 2 heterocycles. The number of anilines is 2. The molecule has 1 N–H and O–H groups in total. The van der Waals surface area contributed by atoms with Gasteiger partial charge in [-0.25, -0.2) is 4.98 Å². The summed E-state index contributed by atoms with van der Waals surface area (Å²) in [6.45, 7) is 8.34. The van der Waals surface area contributed by atoms with Crippen LogP contribution in [0.5, 0.6) is 0 Å². The average molecular weight is 344 g/mol. The van der Waals surface area contributed by atoms with E-state index in [-0.39, 0.29) is 5.91 Å². The lowest BCUT2D eigenvalue weighted by atomic mass is 10.0. The summed E-state index contributed by atoms with van der Waals surface area (Å²) in [6.07, 6.45) is 1.84. The third-order valence-corrected chi connectivity index (χ3v) is 5.12. The van der Waals surface area contributed by atoms with Crippen molar-refractivity contribution in [1.29, 1.82) is 0 Å². The second-order valence-electron chi connectivity index (χ2n) is 6.37. The summed E-state index contributed by atoms with van der Waals surface area (Å²) in [5.41, 5.74) is 2.11.